The van der Waals surface area contributed by atoms with Gasteiger partial charge in [0.2, 0.25) is 0 Å². The van der Waals surface area contributed by atoms with Gasteiger partial charge in [-0.15, -0.1) is 0 Å². The molecular weight excluding hydrogens is 319 g/mol. The molecule has 3 rings (SSSR count). The van der Waals surface area contributed by atoms with E-state index in [-0.39, 0.29) is 11.6 Å². The molecule has 3 aromatic rings. The van der Waals surface area contributed by atoms with Crippen molar-refractivity contribution in [2.75, 3.05) is 11.9 Å². The Kier molecular flexibility index (Phi) is 5.04. The van der Waals surface area contributed by atoms with Crippen LogP contribution in [0.2, 0.25) is 0 Å². The highest BCUT2D eigenvalue weighted by atomic mass is 19.1. The maximum atomic E-state index is 13.9. The molecular formula is C20H17FN2O2. The summed E-state index contributed by atoms with van der Waals surface area (Å²) in [5, 5.41) is 0. The summed E-state index contributed by atoms with van der Waals surface area (Å²) in [7, 11) is 1.55. The highest BCUT2D eigenvalue weighted by Gasteiger charge is 2.16. The van der Waals surface area contributed by atoms with E-state index in [2.05, 4.69) is 4.98 Å². The van der Waals surface area contributed by atoms with Gasteiger partial charge in [-0.3, -0.25) is 9.78 Å². The number of pyridine rings is 1. The summed E-state index contributed by atoms with van der Waals surface area (Å²) in [6, 6.07) is 16.8. The molecule has 0 saturated carbocycles. The Morgan fingerprint density at radius 3 is 2.72 bits per heavy atom. The summed E-state index contributed by atoms with van der Waals surface area (Å²) in [5.74, 6) is -0.184. The van der Waals surface area contributed by atoms with Crippen molar-refractivity contribution in [3.05, 3.63) is 90.0 Å². The van der Waals surface area contributed by atoms with Crippen molar-refractivity contribution in [3.8, 4) is 5.75 Å². The van der Waals surface area contributed by atoms with Crippen molar-refractivity contribution in [2.24, 2.45) is 0 Å². The monoisotopic (exact) mass is 336 g/mol. The molecule has 126 valence electrons. The number of carbonyl (C=O) groups is 1. The molecule has 0 fully saturated rings. The molecule has 0 saturated heterocycles. The maximum absolute atomic E-state index is 13.9. The van der Waals surface area contributed by atoms with Gasteiger partial charge in [0.25, 0.3) is 5.91 Å². The third-order valence-electron chi connectivity index (χ3n) is 3.73. The molecule has 0 unspecified atom stereocenters. The number of anilines is 1. The number of aromatic nitrogens is 1. The van der Waals surface area contributed by atoms with Gasteiger partial charge in [0.15, 0.2) is 0 Å². The van der Waals surface area contributed by atoms with Crippen LogP contribution in [0.1, 0.15) is 15.9 Å². The number of hydrogen-bond donors (Lipinski definition) is 0. The molecule has 1 amide bonds. The number of hydrogen-bond acceptors (Lipinski definition) is 3. The molecule has 1 aromatic heterocycles. The van der Waals surface area contributed by atoms with Crippen LogP contribution >= 0.6 is 0 Å². The SMILES string of the molecule is CN(C(=O)c1cccc(OCc2cccnc2)c1)c1ccccc1F. The number of amides is 1. The summed E-state index contributed by atoms with van der Waals surface area (Å²) in [6.45, 7) is 0.356. The highest BCUT2D eigenvalue weighted by molar-refractivity contribution is 6.06. The van der Waals surface area contributed by atoms with Crippen molar-refractivity contribution >= 4 is 11.6 Å². The van der Waals surface area contributed by atoms with Crippen LogP contribution in [0.5, 0.6) is 5.75 Å². The van der Waals surface area contributed by atoms with Crippen LogP contribution in [0.25, 0.3) is 0 Å². The lowest BCUT2D eigenvalue weighted by molar-refractivity contribution is 0.0991. The van der Waals surface area contributed by atoms with Crippen LogP contribution in [0, 0.1) is 5.82 Å². The van der Waals surface area contributed by atoms with Gasteiger partial charge in [-0.25, -0.2) is 4.39 Å². The molecule has 5 heteroatoms. The predicted octanol–water partition coefficient (Wildman–Crippen LogP) is 4.08. The largest absolute Gasteiger partial charge is 0.489 e. The molecule has 25 heavy (non-hydrogen) atoms. The van der Waals surface area contributed by atoms with Gasteiger partial charge < -0.3 is 9.64 Å². The molecule has 0 bridgehead atoms. The van der Waals surface area contributed by atoms with Crippen LogP contribution in [0.4, 0.5) is 10.1 Å². The Morgan fingerprint density at radius 2 is 1.96 bits per heavy atom. The van der Waals surface area contributed by atoms with Gasteiger partial charge in [0.1, 0.15) is 18.2 Å². The fourth-order valence-electron chi connectivity index (χ4n) is 2.40. The summed E-state index contributed by atoms with van der Waals surface area (Å²) in [4.78, 5) is 17.9. The van der Waals surface area contributed by atoms with Crippen molar-refractivity contribution in [1.29, 1.82) is 0 Å². The van der Waals surface area contributed by atoms with E-state index in [0.29, 0.717) is 17.9 Å². The lowest BCUT2D eigenvalue weighted by Gasteiger charge is -2.18. The Balaban J connectivity index is 1.74. The first-order chi connectivity index (χ1) is 12.1. The number of halogens is 1. The molecule has 1 heterocycles. The van der Waals surface area contributed by atoms with E-state index < -0.39 is 5.82 Å². The second-order valence-corrected chi connectivity index (χ2v) is 5.49. The van der Waals surface area contributed by atoms with Crippen LogP contribution in [-0.2, 0) is 6.61 Å². The molecule has 2 aromatic carbocycles. The Hall–Kier alpha value is -3.21. The fraction of sp³-hybridized carbons (Fsp3) is 0.100. The minimum Gasteiger partial charge on any atom is -0.489 e. The number of rotatable bonds is 5. The molecule has 0 aliphatic heterocycles. The molecule has 0 aliphatic rings. The number of benzene rings is 2. The average molecular weight is 336 g/mol. The third kappa shape index (κ3) is 4.01. The zero-order valence-electron chi connectivity index (χ0n) is 13.7. The van der Waals surface area contributed by atoms with Crippen LogP contribution < -0.4 is 9.64 Å². The molecule has 0 aliphatic carbocycles. The van der Waals surface area contributed by atoms with Crippen molar-refractivity contribution < 1.29 is 13.9 Å². The number of para-hydroxylation sites is 1. The highest BCUT2D eigenvalue weighted by Crippen LogP contribution is 2.21. The third-order valence-corrected chi connectivity index (χ3v) is 3.73. The second kappa shape index (κ2) is 7.57. The van der Waals surface area contributed by atoms with Crippen LogP contribution in [0.15, 0.2) is 73.1 Å². The summed E-state index contributed by atoms with van der Waals surface area (Å²) in [5.41, 5.74) is 1.59. The normalized spacial score (nSPS) is 10.3. The zero-order valence-corrected chi connectivity index (χ0v) is 13.7. The smallest absolute Gasteiger partial charge is 0.258 e. The second-order valence-electron chi connectivity index (χ2n) is 5.49. The van der Waals surface area contributed by atoms with E-state index in [1.165, 1.54) is 11.0 Å². The minimum absolute atomic E-state index is 0.231. The van der Waals surface area contributed by atoms with E-state index >= 15 is 0 Å². The van der Waals surface area contributed by atoms with Gasteiger partial charge in [-0.1, -0.05) is 24.3 Å². The Morgan fingerprint density at radius 1 is 1.12 bits per heavy atom. The maximum Gasteiger partial charge on any atom is 0.258 e. The van der Waals surface area contributed by atoms with E-state index in [4.69, 9.17) is 4.74 Å². The molecule has 0 spiro atoms. The lowest BCUT2D eigenvalue weighted by Crippen LogP contribution is -2.27. The topological polar surface area (TPSA) is 42.4 Å². The fourth-order valence-corrected chi connectivity index (χ4v) is 2.40. The van der Waals surface area contributed by atoms with Crippen molar-refractivity contribution in [3.63, 3.8) is 0 Å². The molecule has 0 atom stereocenters. The number of carbonyl (C=O) groups excluding carboxylic acids is 1. The van der Waals surface area contributed by atoms with Gasteiger partial charge in [-0.05, 0) is 36.4 Å². The number of ether oxygens (including phenoxy) is 1. The predicted molar refractivity (Wildman–Crippen MR) is 94.1 cm³/mol. The first-order valence-corrected chi connectivity index (χ1v) is 7.79. The van der Waals surface area contributed by atoms with Crippen LogP contribution in [-0.4, -0.2) is 17.9 Å². The summed E-state index contributed by atoms with van der Waals surface area (Å²) < 4.78 is 19.6. The standard InChI is InChI=1S/C20H17FN2O2/c1-23(19-10-3-2-9-18(19)21)20(24)16-7-4-8-17(12-16)25-14-15-6-5-11-22-13-15/h2-13H,14H2,1H3. The average Bonchev–Trinajstić information content (AvgIpc) is 2.67. The molecule has 0 radical (unpaired) electrons. The molecule has 4 nitrogen and oxygen atoms in total. The van der Waals surface area contributed by atoms with Gasteiger partial charge in [-0.2, -0.15) is 0 Å². The Labute approximate surface area is 145 Å². The summed E-state index contributed by atoms with van der Waals surface area (Å²) >= 11 is 0. The van der Waals surface area contributed by atoms with E-state index in [1.807, 2.05) is 12.1 Å². The first kappa shape index (κ1) is 16.6. The van der Waals surface area contributed by atoms with E-state index in [0.717, 1.165) is 5.56 Å². The first-order valence-electron chi connectivity index (χ1n) is 7.79. The van der Waals surface area contributed by atoms with E-state index in [1.54, 1.807) is 61.9 Å². The zero-order chi connectivity index (χ0) is 17.6. The van der Waals surface area contributed by atoms with Crippen LogP contribution in [0.3, 0.4) is 0 Å². The van der Waals surface area contributed by atoms with Crippen molar-refractivity contribution in [1.82, 2.24) is 4.98 Å². The lowest BCUT2D eigenvalue weighted by atomic mass is 10.1. The van der Waals surface area contributed by atoms with Gasteiger partial charge in [0.05, 0.1) is 5.69 Å². The number of nitrogens with zero attached hydrogens (tertiary/aromatic N) is 2. The molecule has 0 N–H and O–H groups in total. The Bertz CT molecular complexity index is 868. The van der Waals surface area contributed by atoms with Crippen molar-refractivity contribution in [2.45, 2.75) is 6.61 Å². The van der Waals surface area contributed by atoms with Gasteiger partial charge in [0, 0.05) is 30.6 Å². The summed E-state index contributed by atoms with van der Waals surface area (Å²) in [6.07, 6.45) is 3.42. The van der Waals surface area contributed by atoms with E-state index in [9.17, 15) is 9.18 Å². The minimum atomic E-state index is -0.442. The van der Waals surface area contributed by atoms with Gasteiger partial charge >= 0.3 is 0 Å². The quantitative estimate of drug-likeness (QED) is 0.705.